The molecule has 0 radical (unpaired) electrons. The van der Waals surface area contributed by atoms with Gasteiger partial charge in [0.05, 0.1) is 5.52 Å². The fourth-order valence-corrected chi connectivity index (χ4v) is 3.62. The second-order valence-electron chi connectivity index (χ2n) is 8.90. The van der Waals surface area contributed by atoms with E-state index in [1.165, 1.54) is 0 Å². The molecule has 0 spiro atoms. The summed E-state index contributed by atoms with van der Waals surface area (Å²) in [5.41, 5.74) is 2.91. The zero-order chi connectivity index (χ0) is 22.7. The highest BCUT2D eigenvalue weighted by Gasteiger charge is 2.25. The predicted molar refractivity (Wildman–Crippen MR) is 123 cm³/mol. The van der Waals surface area contributed by atoms with Gasteiger partial charge in [0.2, 0.25) is 0 Å². The molecule has 1 aliphatic rings. The number of benzene rings is 1. The molecule has 4 rings (SSSR count). The monoisotopic (exact) mass is 435 g/mol. The van der Waals surface area contributed by atoms with Crippen LogP contribution in [0.4, 0.5) is 10.5 Å². The van der Waals surface area contributed by atoms with E-state index in [1.54, 1.807) is 15.5 Å². The van der Waals surface area contributed by atoms with Crippen molar-refractivity contribution >= 4 is 23.2 Å². The van der Waals surface area contributed by atoms with E-state index in [-0.39, 0.29) is 12.0 Å². The Balaban J connectivity index is 1.28. The van der Waals surface area contributed by atoms with Crippen molar-refractivity contribution in [2.45, 2.75) is 32.9 Å². The second-order valence-corrected chi connectivity index (χ2v) is 8.90. The van der Waals surface area contributed by atoms with Gasteiger partial charge in [0.25, 0.3) is 5.91 Å². The first-order valence-corrected chi connectivity index (χ1v) is 10.8. The fourth-order valence-electron chi connectivity index (χ4n) is 3.62. The summed E-state index contributed by atoms with van der Waals surface area (Å²) in [6.45, 7) is 8.83. The van der Waals surface area contributed by atoms with Gasteiger partial charge < -0.3 is 19.9 Å². The zero-order valence-electron chi connectivity index (χ0n) is 18.7. The van der Waals surface area contributed by atoms with Crippen LogP contribution in [0.5, 0.6) is 0 Å². The summed E-state index contributed by atoms with van der Waals surface area (Å²) in [7, 11) is 0. The fraction of sp³-hybridized carbons (Fsp3) is 0.375. The van der Waals surface area contributed by atoms with Crippen molar-refractivity contribution in [2.75, 3.05) is 31.1 Å². The molecular formula is C24H29N5O3. The SMILES string of the molecule is CC(C)(C)OC(=O)N1CCN(c2ccc(CNC(=O)c3cc4ccccn4n3)cc2)CC1. The summed E-state index contributed by atoms with van der Waals surface area (Å²) in [5, 5.41) is 7.22. The molecule has 3 aromatic rings. The van der Waals surface area contributed by atoms with Crippen molar-refractivity contribution in [1.82, 2.24) is 19.8 Å². The number of ether oxygens (including phenoxy) is 1. The Bertz CT molecular complexity index is 1060. The Hall–Kier alpha value is -3.55. The molecule has 32 heavy (non-hydrogen) atoms. The predicted octanol–water partition coefficient (Wildman–Crippen LogP) is 3.32. The third-order valence-corrected chi connectivity index (χ3v) is 5.29. The van der Waals surface area contributed by atoms with E-state index in [2.05, 4.69) is 27.4 Å². The van der Waals surface area contributed by atoms with Gasteiger partial charge in [-0.2, -0.15) is 5.10 Å². The quantitative estimate of drug-likeness (QED) is 0.680. The molecule has 168 valence electrons. The third kappa shape index (κ3) is 5.19. The summed E-state index contributed by atoms with van der Waals surface area (Å²) in [6, 6.07) is 15.6. The van der Waals surface area contributed by atoms with Gasteiger partial charge in [0.1, 0.15) is 5.60 Å². The molecule has 0 atom stereocenters. The van der Waals surface area contributed by atoms with Gasteiger partial charge in [0.15, 0.2) is 5.69 Å². The molecule has 0 aliphatic carbocycles. The maximum absolute atomic E-state index is 12.4. The standard InChI is InChI=1S/C24H29N5O3/c1-24(2,3)32-23(31)28-14-12-27(13-15-28)19-9-7-18(8-10-19)17-25-22(30)21-16-20-6-4-5-11-29(20)26-21/h4-11,16H,12-15,17H2,1-3H3,(H,25,30). The van der Waals surface area contributed by atoms with Crippen LogP contribution >= 0.6 is 0 Å². The van der Waals surface area contributed by atoms with Crippen molar-refractivity contribution in [3.05, 3.63) is 66.0 Å². The van der Waals surface area contributed by atoms with E-state index in [0.717, 1.165) is 29.9 Å². The van der Waals surface area contributed by atoms with Crippen LogP contribution in [0.3, 0.4) is 0 Å². The van der Waals surface area contributed by atoms with Crippen LogP contribution in [0.1, 0.15) is 36.8 Å². The smallest absolute Gasteiger partial charge is 0.410 e. The first-order valence-electron chi connectivity index (χ1n) is 10.8. The van der Waals surface area contributed by atoms with Crippen LogP contribution in [-0.2, 0) is 11.3 Å². The number of nitrogens with zero attached hydrogens (tertiary/aromatic N) is 4. The summed E-state index contributed by atoms with van der Waals surface area (Å²) < 4.78 is 7.14. The van der Waals surface area contributed by atoms with Crippen molar-refractivity contribution < 1.29 is 14.3 Å². The number of carbonyl (C=O) groups is 2. The lowest BCUT2D eigenvalue weighted by Gasteiger charge is -2.36. The molecule has 2 aromatic heterocycles. The molecule has 1 N–H and O–H groups in total. The number of pyridine rings is 1. The Labute approximate surface area is 187 Å². The molecule has 1 aromatic carbocycles. The van der Waals surface area contributed by atoms with Crippen molar-refractivity contribution in [3.8, 4) is 0 Å². The lowest BCUT2D eigenvalue weighted by molar-refractivity contribution is 0.0240. The molecule has 1 fully saturated rings. The summed E-state index contributed by atoms with van der Waals surface area (Å²) in [5.74, 6) is -0.198. The number of anilines is 1. The first kappa shape index (κ1) is 21.7. The third-order valence-electron chi connectivity index (χ3n) is 5.29. The van der Waals surface area contributed by atoms with Gasteiger partial charge in [-0.1, -0.05) is 18.2 Å². The average Bonchev–Trinajstić information content (AvgIpc) is 3.21. The number of amides is 2. The number of hydrogen-bond donors (Lipinski definition) is 1. The van der Waals surface area contributed by atoms with Crippen LogP contribution < -0.4 is 10.2 Å². The molecule has 0 unspecified atom stereocenters. The lowest BCUT2D eigenvalue weighted by atomic mass is 10.1. The van der Waals surface area contributed by atoms with E-state index >= 15 is 0 Å². The summed E-state index contributed by atoms with van der Waals surface area (Å²) >= 11 is 0. The van der Waals surface area contributed by atoms with Gasteiger partial charge in [0, 0.05) is 44.6 Å². The molecule has 0 saturated carbocycles. The van der Waals surface area contributed by atoms with E-state index in [4.69, 9.17) is 4.74 Å². The molecule has 1 aliphatic heterocycles. The minimum Gasteiger partial charge on any atom is -0.444 e. The highest BCUT2D eigenvalue weighted by molar-refractivity contribution is 5.93. The van der Waals surface area contributed by atoms with Crippen LogP contribution in [0.15, 0.2) is 54.7 Å². The number of aromatic nitrogens is 2. The number of nitrogens with one attached hydrogen (secondary N) is 1. The molecule has 3 heterocycles. The normalized spacial score (nSPS) is 14.5. The maximum atomic E-state index is 12.4. The zero-order valence-corrected chi connectivity index (χ0v) is 18.7. The summed E-state index contributed by atoms with van der Waals surface area (Å²) in [4.78, 5) is 28.7. The van der Waals surface area contributed by atoms with Crippen LogP contribution in [0.25, 0.3) is 5.52 Å². The number of piperazine rings is 1. The number of rotatable bonds is 4. The largest absolute Gasteiger partial charge is 0.444 e. The molecule has 1 saturated heterocycles. The van der Waals surface area contributed by atoms with Gasteiger partial charge in [-0.05, 0) is 56.7 Å². The highest BCUT2D eigenvalue weighted by atomic mass is 16.6. The average molecular weight is 436 g/mol. The molecule has 0 bridgehead atoms. The van der Waals surface area contributed by atoms with Crippen LogP contribution in [-0.4, -0.2) is 58.3 Å². The second kappa shape index (κ2) is 8.90. The van der Waals surface area contributed by atoms with Crippen molar-refractivity contribution in [1.29, 1.82) is 0 Å². The molecule has 8 heteroatoms. The topological polar surface area (TPSA) is 79.2 Å². The minimum absolute atomic E-state index is 0.198. The van der Waals surface area contributed by atoms with Gasteiger partial charge in [-0.25, -0.2) is 9.31 Å². The Morgan fingerprint density at radius 2 is 1.75 bits per heavy atom. The molecule has 2 amide bonds. The van der Waals surface area contributed by atoms with Gasteiger partial charge in [-0.3, -0.25) is 4.79 Å². The Morgan fingerprint density at radius 3 is 2.41 bits per heavy atom. The van der Waals surface area contributed by atoms with E-state index in [0.29, 0.717) is 25.3 Å². The number of hydrogen-bond acceptors (Lipinski definition) is 5. The lowest BCUT2D eigenvalue weighted by Crippen LogP contribution is -2.50. The van der Waals surface area contributed by atoms with E-state index in [9.17, 15) is 9.59 Å². The van der Waals surface area contributed by atoms with E-state index < -0.39 is 5.60 Å². The molecular weight excluding hydrogens is 406 g/mol. The Kier molecular flexibility index (Phi) is 6.03. The van der Waals surface area contributed by atoms with E-state index in [1.807, 2.05) is 57.3 Å². The number of fused-ring (bicyclic) bond motifs is 1. The van der Waals surface area contributed by atoms with Crippen LogP contribution in [0, 0.1) is 0 Å². The van der Waals surface area contributed by atoms with Crippen LogP contribution in [0.2, 0.25) is 0 Å². The first-order chi connectivity index (χ1) is 15.3. The maximum Gasteiger partial charge on any atom is 0.410 e. The van der Waals surface area contributed by atoms with Crippen molar-refractivity contribution in [2.24, 2.45) is 0 Å². The minimum atomic E-state index is -0.481. The van der Waals surface area contributed by atoms with Crippen molar-refractivity contribution in [3.63, 3.8) is 0 Å². The Morgan fingerprint density at radius 1 is 1.03 bits per heavy atom. The number of carbonyl (C=O) groups excluding carboxylic acids is 2. The highest BCUT2D eigenvalue weighted by Crippen LogP contribution is 2.19. The van der Waals surface area contributed by atoms with Gasteiger partial charge in [-0.15, -0.1) is 0 Å². The van der Waals surface area contributed by atoms with Gasteiger partial charge >= 0.3 is 6.09 Å². The summed E-state index contributed by atoms with van der Waals surface area (Å²) in [6.07, 6.45) is 1.56. The molecule has 8 nitrogen and oxygen atoms in total.